The van der Waals surface area contributed by atoms with Crippen molar-refractivity contribution in [1.82, 2.24) is 5.32 Å². The van der Waals surface area contributed by atoms with Gasteiger partial charge in [-0.3, -0.25) is 4.79 Å². The predicted molar refractivity (Wildman–Crippen MR) is 203 cm³/mol. The van der Waals surface area contributed by atoms with Gasteiger partial charge in [-0.15, -0.1) is 0 Å². The fourth-order valence-electron chi connectivity index (χ4n) is 7.06. The van der Waals surface area contributed by atoms with Crippen LogP contribution in [0, 0.1) is 0 Å². The van der Waals surface area contributed by atoms with Crippen LogP contribution in [0.15, 0.2) is 24.3 Å². The lowest BCUT2D eigenvalue weighted by molar-refractivity contribution is -0.379. The maximum Gasteiger partial charge on any atom is 0.217 e. The summed E-state index contributed by atoms with van der Waals surface area (Å²) in [4.78, 5) is 11.9. The lowest BCUT2D eigenvalue weighted by Gasteiger charge is -2.48. The van der Waals surface area contributed by atoms with E-state index in [9.17, 15) is 61.0 Å². The molecule has 0 spiro atoms. The molecule has 0 aliphatic carbocycles. The number of ether oxygens (including phenoxy) is 6. The molecule has 0 radical (unpaired) electrons. The second kappa shape index (κ2) is 26.6. The highest BCUT2D eigenvalue weighted by atomic mass is 16.8. The standard InChI is InChI=1S/C39H69NO18/c1-3-4-5-6-7-8-9-10-11-12-13-14-15-16-17-24(45)23(40-22(2)44)21-53-37-33(51)30(48)35(26(19-42)55-37)58-39-34(52)31(49)36(27(20-43)56-39)57-38-32(50)29(47)28(46)25(18-41)54-38/h12-13,16-17,23-39,41-43,45-52H,3-11,14-15,18-21H2,1-2H3,(H,40,44)/b13-12+,17-16+. The summed E-state index contributed by atoms with van der Waals surface area (Å²) in [6.07, 6.45) is -6.68. The van der Waals surface area contributed by atoms with Gasteiger partial charge in [0, 0.05) is 6.92 Å². The molecule has 1 amide bonds. The average molecular weight is 840 g/mol. The van der Waals surface area contributed by atoms with Gasteiger partial charge in [0.2, 0.25) is 5.91 Å². The van der Waals surface area contributed by atoms with Crippen LogP contribution in [0.25, 0.3) is 0 Å². The van der Waals surface area contributed by atoms with E-state index in [1.165, 1.54) is 57.9 Å². The fraction of sp³-hybridized carbons (Fsp3) is 0.872. The molecule has 0 aromatic heterocycles. The molecular formula is C39H69NO18. The van der Waals surface area contributed by atoms with Crippen molar-refractivity contribution < 1.29 is 89.4 Å². The molecule has 17 unspecified atom stereocenters. The van der Waals surface area contributed by atoms with Gasteiger partial charge in [0.25, 0.3) is 0 Å². The molecule has 3 aliphatic heterocycles. The minimum Gasteiger partial charge on any atom is -0.394 e. The largest absolute Gasteiger partial charge is 0.394 e. The number of amides is 1. The Morgan fingerprint density at radius 1 is 0.603 bits per heavy atom. The summed E-state index contributed by atoms with van der Waals surface area (Å²) in [5.74, 6) is -0.466. The lowest BCUT2D eigenvalue weighted by Crippen LogP contribution is -2.66. The molecule has 3 fully saturated rings. The smallest absolute Gasteiger partial charge is 0.217 e. The summed E-state index contributed by atoms with van der Waals surface area (Å²) >= 11 is 0. The highest BCUT2D eigenvalue weighted by Crippen LogP contribution is 2.32. The third-order valence-corrected chi connectivity index (χ3v) is 10.5. The first-order valence-corrected chi connectivity index (χ1v) is 20.5. The van der Waals surface area contributed by atoms with Gasteiger partial charge in [0.05, 0.1) is 38.6 Å². The van der Waals surface area contributed by atoms with Crippen LogP contribution in [0.1, 0.15) is 84.5 Å². The molecular weight excluding hydrogens is 770 g/mol. The third kappa shape index (κ3) is 15.0. The Kier molecular flexibility index (Phi) is 23.2. The quantitative estimate of drug-likeness (QED) is 0.0341. The number of carbonyl (C=O) groups excluding carboxylic acids is 1. The van der Waals surface area contributed by atoms with Crippen molar-refractivity contribution in [2.45, 2.75) is 189 Å². The Morgan fingerprint density at radius 2 is 1.07 bits per heavy atom. The van der Waals surface area contributed by atoms with Crippen LogP contribution in [-0.2, 0) is 33.2 Å². The Labute approximate surface area is 339 Å². The summed E-state index contributed by atoms with van der Waals surface area (Å²) in [7, 11) is 0. The zero-order valence-corrected chi connectivity index (χ0v) is 33.5. The van der Waals surface area contributed by atoms with Gasteiger partial charge >= 0.3 is 0 Å². The summed E-state index contributed by atoms with van der Waals surface area (Å²) in [5.41, 5.74) is 0. The topological polar surface area (TPSA) is 307 Å². The Hall–Kier alpha value is -1.73. The van der Waals surface area contributed by atoms with Gasteiger partial charge in [-0.1, -0.05) is 76.2 Å². The van der Waals surface area contributed by atoms with Crippen molar-refractivity contribution >= 4 is 5.91 Å². The number of carbonyl (C=O) groups is 1. The minimum absolute atomic E-state index is 0.383. The van der Waals surface area contributed by atoms with Crippen molar-refractivity contribution in [3.63, 3.8) is 0 Å². The maximum atomic E-state index is 11.9. The summed E-state index contributed by atoms with van der Waals surface area (Å²) in [5, 5.41) is 117. The molecule has 58 heavy (non-hydrogen) atoms. The third-order valence-electron chi connectivity index (χ3n) is 10.5. The Balaban J connectivity index is 1.51. The molecule has 0 aromatic rings. The van der Waals surface area contributed by atoms with E-state index in [-0.39, 0.29) is 6.61 Å². The van der Waals surface area contributed by atoms with E-state index in [1.807, 2.05) is 0 Å². The molecule has 3 saturated heterocycles. The van der Waals surface area contributed by atoms with Crippen LogP contribution in [0.5, 0.6) is 0 Å². The number of allylic oxidation sites excluding steroid dienone is 3. The monoisotopic (exact) mass is 839 g/mol. The minimum atomic E-state index is -1.97. The second-order valence-electron chi connectivity index (χ2n) is 15.2. The van der Waals surface area contributed by atoms with E-state index in [4.69, 9.17) is 28.4 Å². The van der Waals surface area contributed by atoms with Crippen molar-refractivity contribution in [2.75, 3.05) is 26.4 Å². The zero-order valence-electron chi connectivity index (χ0n) is 33.5. The predicted octanol–water partition coefficient (Wildman–Crippen LogP) is -2.26. The van der Waals surface area contributed by atoms with Gasteiger partial charge in [-0.05, 0) is 25.7 Å². The lowest BCUT2D eigenvalue weighted by atomic mass is 9.96. The molecule has 3 heterocycles. The number of unbranched alkanes of at least 4 members (excludes halogenated alkanes) is 9. The number of aliphatic hydroxyl groups is 11. The first kappa shape index (κ1) is 50.6. The van der Waals surface area contributed by atoms with Gasteiger partial charge in [0.1, 0.15) is 73.2 Å². The average Bonchev–Trinajstić information content (AvgIpc) is 3.21. The van der Waals surface area contributed by atoms with E-state index in [0.29, 0.717) is 6.42 Å². The Morgan fingerprint density at radius 3 is 1.62 bits per heavy atom. The van der Waals surface area contributed by atoms with Crippen LogP contribution in [0.2, 0.25) is 0 Å². The van der Waals surface area contributed by atoms with E-state index in [2.05, 4.69) is 24.4 Å². The summed E-state index contributed by atoms with van der Waals surface area (Å²) in [6, 6.07) is -0.985. The van der Waals surface area contributed by atoms with E-state index in [0.717, 1.165) is 19.3 Å². The molecule has 0 aromatic carbocycles. The van der Waals surface area contributed by atoms with E-state index >= 15 is 0 Å². The Bertz CT molecular complexity index is 1190. The highest BCUT2D eigenvalue weighted by Gasteiger charge is 2.53. The summed E-state index contributed by atoms with van der Waals surface area (Å²) in [6.45, 7) is 0.659. The number of nitrogens with one attached hydrogen (secondary N) is 1. The van der Waals surface area contributed by atoms with Crippen LogP contribution in [0.3, 0.4) is 0 Å². The van der Waals surface area contributed by atoms with Crippen molar-refractivity contribution in [1.29, 1.82) is 0 Å². The first-order valence-electron chi connectivity index (χ1n) is 20.5. The second-order valence-corrected chi connectivity index (χ2v) is 15.2. The summed E-state index contributed by atoms with van der Waals surface area (Å²) < 4.78 is 33.5. The molecule has 0 saturated carbocycles. The molecule has 3 rings (SSSR count). The molecule has 12 N–H and O–H groups in total. The molecule has 3 aliphatic rings. The first-order chi connectivity index (χ1) is 27.8. The fourth-order valence-corrected chi connectivity index (χ4v) is 7.06. The normalized spacial score (nSPS) is 37.0. The highest BCUT2D eigenvalue weighted by molar-refractivity contribution is 5.73. The van der Waals surface area contributed by atoms with Gasteiger partial charge in [0.15, 0.2) is 18.9 Å². The van der Waals surface area contributed by atoms with Crippen molar-refractivity contribution in [3.8, 4) is 0 Å². The molecule has 338 valence electrons. The molecule has 0 bridgehead atoms. The number of hydrogen-bond donors (Lipinski definition) is 12. The van der Waals surface area contributed by atoms with Crippen molar-refractivity contribution in [3.05, 3.63) is 24.3 Å². The zero-order chi connectivity index (χ0) is 42.8. The maximum absolute atomic E-state index is 11.9. The number of aliphatic hydroxyl groups excluding tert-OH is 11. The van der Waals surface area contributed by atoms with Crippen LogP contribution < -0.4 is 5.32 Å². The van der Waals surface area contributed by atoms with Crippen LogP contribution >= 0.6 is 0 Å². The molecule has 19 nitrogen and oxygen atoms in total. The number of hydrogen-bond acceptors (Lipinski definition) is 18. The van der Waals surface area contributed by atoms with Crippen LogP contribution in [0.4, 0.5) is 0 Å². The molecule has 19 heteroatoms. The van der Waals surface area contributed by atoms with Crippen molar-refractivity contribution in [2.24, 2.45) is 0 Å². The SMILES string of the molecule is CCCCCCCCCC/C=C/CC/C=C/C(O)C(COC1OC(CO)C(OC2OC(CO)C(OC3OC(CO)C(O)C(O)C3O)C(O)C2O)C(O)C1O)NC(C)=O. The van der Waals surface area contributed by atoms with Gasteiger partial charge in [-0.2, -0.15) is 0 Å². The van der Waals surface area contributed by atoms with Crippen LogP contribution in [-0.4, -0.2) is 193 Å². The number of rotatable bonds is 25. The van der Waals surface area contributed by atoms with Gasteiger partial charge < -0.3 is 89.9 Å². The van der Waals surface area contributed by atoms with E-state index in [1.54, 1.807) is 6.08 Å². The van der Waals surface area contributed by atoms with Gasteiger partial charge in [-0.25, -0.2) is 0 Å². The van der Waals surface area contributed by atoms with E-state index < -0.39 is 130 Å². The molecule has 17 atom stereocenters.